The fourth-order valence-electron chi connectivity index (χ4n) is 9.43. The van der Waals surface area contributed by atoms with E-state index in [9.17, 15) is 0 Å². The first kappa shape index (κ1) is 31.0. The molecule has 0 saturated heterocycles. The lowest BCUT2D eigenvalue weighted by molar-refractivity contribution is 1.18. The Labute approximate surface area is 324 Å². The molecule has 9 aromatic carbocycles. The highest BCUT2D eigenvalue weighted by molar-refractivity contribution is 6.13. The summed E-state index contributed by atoms with van der Waals surface area (Å²) in [6, 6.07) is 75.9. The average molecular weight is 711 g/mol. The number of rotatable bonds is 3. The third-order valence-corrected chi connectivity index (χ3v) is 11.9. The van der Waals surface area contributed by atoms with Crippen LogP contribution in [0.15, 0.2) is 206 Å². The molecule has 0 unspecified atom stereocenters. The minimum Gasteiger partial charge on any atom is -0.309 e. The van der Waals surface area contributed by atoms with Crippen LogP contribution in [-0.2, 0) is 0 Å². The van der Waals surface area contributed by atoms with Gasteiger partial charge < -0.3 is 9.13 Å². The molecule has 260 valence electrons. The average Bonchev–Trinajstić information content (AvgIpc) is 3.78. The molecular formula is C54H34N2. The van der Waals surface area contributed by atoms with Gasteiger partial charge in [-0.3, -0.25) is 0 Å². The van der Waals surface area contributed by atoms with Gasteiger partial charge in [0, 0.05) is 32.9 Å². The van der Waals surface area contributed by atoms with Crippen molar-refractivity contribution in [3.8, 4) is 67.0 Å². The fourth-order valence-corrected chi connectivity index (χ4v) is 9.43. The van der Waals surface area contributed by atoms with Crippen LogP contribution < -0.4 is 0 Å². The van der Waals surface area contributed by atoms with E-state index in [0.29, 0.717) is 0 Å². The van der Waals surface area contributed by atoms with Gasteiger partial charge >= 0.3 is 0 Å². The number of para-hydroxylation sites is 3. The van der Waals surface area contributed by atoms with E-state index in [2.05, 4.69) is 215 Å². The van der Waals surface area contributed by atoms with Crippen LogP contribution in [0.4, 0.5) is 0 Å². The van der Waals surface area contributed by atoms with Crippen molar-refractivity contribution in [1.82, 2.24) is 9.13 Å². The second-order valence-electron chi connectivity index (χ2n) is 14.9. The Bertz CT molecular complexity index is 3350. The Morgan fingerprint density at radius 2 is 0.589 bits per heavy atom. The molecule has 2 nitrogen and oxygen atoms in total. The molecule has 0 fully saturated rings. The van der Waals surface area contributed by atoms with Crippen LogP contribution in [-0.4, -0.2) is 9.13 Å². The van der Waals surface area contributed by atoms with Crippen molar-refractivity contribution >= 4 is 43.6 Å². The zero-order valence-corrected chi connectivity index (χ0v) is 30.5. The maximum absolute atomic E-state index is 2.45. The van der Waals surface area contributed by atoms with Gasteiger partial charge in [-0.05, 0) is 116 Å². The molecule has 0 atom stereocenters. The van der Waals surface area contributed by atoms with E-state index in [1.807, 2.05) is 0 Å². The highest BCUT2D eigenvalue weighted by Gasteiger charge is 2.23. The molecule has 2 heterocycles. The third kappa shape index (κ3) is 4.50. The van der Waals surface area contributed by atoms with Crippen LogP contribution in [0.1, 0.15) is 0 Å². The molecule has 1 aliphatic carbocycles. The summed E-state index contributed by atoms with van der Waals surface area (Å²) in [6.45, 7) is 0. The molecule has 0 radical (unpaired) electrons. The van der Waals surface area contributed by atoms with Crippen LogP contribution in [0.5, 0.6) is 0 Å². The van der Waals surface area contributed by atoms with Gasteiger partial charge in [-0.15, -0.1) is 0 Å². The van der Waals surface area contributed by atoms with Crippen LogP contribution in [0.3, 0.4) is 0 Å². The number of fused-ring (bicyclic) bond motifs is 14. The second-order valence-corrected chi connectivity index (χ2v) is 14.9. The zero-order chi connectivity index (χ0) is 36.7. The molecule has 0 aliphatic heterocycles. The van der Waals surface area contributed by atoms with Crippen molar-refractivity contribution < 1.29 is 0 Å². The highest BCUT2D eigenvalue weighted by atomic mass is 15.0. The van der Waals surface area contributed by atoms with Crippen LogP contribution >= 0.6 is 0 Å². The lowest BCUT2D eigenvalue weighted by atomic mass is 9.81. The molecule has 0 N–H and O–H groups in total. The number of nitrogens with zero attached hydrogens (tertiary/aromatic N) is 2. The summed E-state index contributed by atoms with van der Waals surface area (Å²) in [5, 5.41) is 5.01. The monoisotopic (exact) mass is 710 g/mol. The first-order chi connectivity index (χ1) is 27.8. The van der Waals surface area contributed by atoms with Crippen LogP contribution in [0, 0.1) is 0 Å². The highest BCUT2D eigenvalue weighted by Crippen LogP contribution is 2.48. The topological polar surface area (TPSA) is 9.86 Å². The van der Waals surface area contributed by atoms with Crippen molar-refractivity contribution in [2.75, 3.05) is 0 Å². The largest absolute Gasteiger partial charge is 0.309 e. The lowest BCUT2D eigenvalue weighted by Gasteiger charge is -2.24. The van der Waals surface area contributed by atoms with Crippen LogP contribution in [0.25, 0.3) is 111 Å². The standard InChI is InChI=1S/C54H34N2/c1-2-14-37(15-3-1)55-51-24-12-10-22-46(51)49-32-35(26-30-53(49)55)36-27-31-54-50(33-36)47-23-11-13-25-52(47)56(54)38-28-29-45-43-20-7-6-18-41(43)39-16-4-5-17-40(39)42-19-8-9-21-44(42)48(45)34-38/h1-34H. The van der Waals surface area contributed by atoms with Gasteiger partial charge in [0.1, 0.15) is 0 Å². The van der Waals surface area contributed by atoms with Gasteiger partial charge in [-0.1, -0.05) is 146 Å². The lowest BCUT2D eigenvalue weighted by Crippen LogP contribution is -1.99. The minimum absolute atomic E-state index is 1.15. The maximum Gasteiger partial charge on any atom is 0.0541 e. The summed E-state index contributed by atoms with van der Waals surface area (Å²) in [5.41, 5.74) is 19.6. The molecule has 0 amide bonds. The summed E-state index contributed by atoms with van der Waals surface area (Å²) in [4.78, 5) is 0. The van der Waals surface area contributed by atoms with Gasteiger partial charge in [-0.25, -0.2) is 0 Å². The summed E-state index contributed by atoms with van der Waals surface area (Å²) in [7, 11) is 0. The Kier molecular flexibility index (Phi) is 6.66. The molecule has 0 bridgehead atoms. The van der Waals surface area contributed by atoms with Gasteiger partial charge in [0.25, 0.3) is 0 Å². The Hall–Kier alpha value is -7.42. The van der Waals surface area contributed by atoms with Gasteiger partial charge in [0.15, 0.2) is 0 Å². The SMILES string of the molecule is c1ccc(-n2c3ccccc3c3cc(-c4ccc5c(c4)c4ccccc4n5-c4ccc5c(c4)-c4ccccc4-c4ccccc4-c4ccccc4-5)ccc32)cc1. The Balaban J connectivity index is 1.05. The van der Waals surface area contributed by atoms with Crippen molar-refractivity contribution in [3.05, 3.63) is 206 Å². The first-order valence-corrected chi connectivity index (χ1v) is 19.4. The number of benzene rings is 9. The molecule has 0 spiro atoms. The van der Waals surface area contributed by atoms with E-state index in [4.69, 9.17) is 0 Å². The molecule has 2 aromatic heterocycles. The maximum atomic E-state index is 2.45. The molecule has 11 aromatic rings. The predicted octanol–water partition coefficient (Wildman–Crippen LogP) is 14.5. The van der Waals surface area contributed by atoms with E-state index in [-0.39, 0.29) is 0 Å². The quantitative estimate of drug-likeness (QED) is 0.173. The third-order valence-electron chi connectivity index (χ3n) is 11.9. The molecule has 1 aliphatic rings. The number of hydrogen-bond donors (Lipinski definition) is 0. The van der Waals surface area contributed by atoms with Crippen molar-refractivity contribution in [3.63, 3.8) is 0 Å². The van der Waals surface area contributed by atoms with Crippen molar-refractivity contribution in [2.45, 2.75) is 0 Å². The molecular weight excluding hydrogens is 677 g/mol. The van der Waals surface area contributed by atoms with E-state index in [1.165, 1.54) is 105 Å². The zero-order valence-electron chi connectivity index (χ0n) is 30.5. The number of aromatic nitrogens is 2. The van der Waals surface area contributed by atoms with E-state index in [1.54, 1.807) is 0 Å². The van der Waals surface area contributed by atoms with Crippen LogP contribution in [0.2, 0.25) is 0 Å². The summed E-state index contributed by atoms with van der Waals surface area (Å²) in [6.07, 6.45) is 0. The summed E-state index contributed by atoms with van der Waals surface area (Å²) >= 11 is 0. The predicted molar refractivity (Wildman–Crippen MR) is 236 cm³/mol. The Morgan fingerprint density at radius 3 is 1.09 bits per heavy atom. The van der Waals surface area contributed by atoms with Gasteiger partial charge in [-0.2, -0.15) is 0 Å². The molecule has 2 heteroatoms. The van der Waals surface area contributed by atoms with Crippen molar-refractivity contribution in [1.29, 1.82) is 0 Å². The van der Waals surface area contributed by atoms with Crippen molar-refractivity contribution in [2.24, 2.45) is 0 Å². The molecule has 0 saturated carbocycles. The fraction of sp³-hybridized carbons (Fsp3) is 0. The summed E-state index contributed by atoms with van der Waals surface area (Å²) in [5.74, 6) is 0. The minimum atomic E-state index is 1.15. The van der Waals surface area contributed by atoms with E-state index < -0.39 is 0 Å². The van der Waals surface area contributed by atoms with Gasteiger partial charge in [0.05, 0.1) is 22.1 Å². The smallest absolute Gasteiger partial charge is 0.0541 e. The molecule has 12 rings (SSSR count). The molecule has 56 heavy (non-hydrogen) atoms. The summed E-state index contributed by atoms with van der Waals surface area (Å²) < 4.78 is 4.83. The number of hydrogen-bond acceptors (Lipinski definition) is 0. The Morgan fingerprint density at radius 1 is 0.214 bits per heavy atom. The normalized spacial score (nSPS) is 11.9. The second kappa shape index (κ2) is 12.0. The van der Waals surface area contributed by atoms with Gasteiger partial charge in [0.2, 0.25) is 0 Å². The first-order valence-electron chi connectivity index (χ1n) is 19.4. The van der Waals surface area contributed by atoms with E-state index >= 15 is 0 Å². The van der Waals surface area contributed by atoms with E-state index in [0.717, 1.165) is 5.69 Å².